The average Bonchev–Trinajstić information content (AvgIpc) is 3.13. The monoisotopic (exact) mass is 451 g/mol. The molecule has 4 rings (SSSR count). The number of benzene rings is 1. The number of nitrogens with one attached hydrogen (secondary N) is 2. The minimum absolute atomic E-state index is 0.0310. The Balaban J connectivity index is 1.56. The number of anilines is 1. The zero-order valence-corrected chi connectivity index (χ0v) is 18.9. The third-order valence-corrected chi connectivity index (χ3v) is 5.65. The predicted octanol–water partition coefficient (Wildman–Crippen LogP) is 3.50. The fourth-order valence-electron chi connectivity index (χ4n) is 4.09. The van der Waals surface area contributed by atoms with Crippen LogP contribution in [0, 0.1) is 17.1 Å². The van der Waals surface area contributed by atoms with Crippen LogP contribution < -0.4 is 15.5 Å². The number of hydrogen-bond acceptors (Lipinski definition) is 6. The molecule has 0 saturated carbocycles. The van der Waals surface area contributed by atoms with Crippen LogP contribution in [0.4, 0.5) is 15.0 Å². The second-order valence-electron chi connectivity index (χ2n) is 9.26. The van der Waals surface area contributed by atoms with Crippen LogP contribution in [-0.4, -0.2) is 41.7 Å². The number of carbonyl (C=O) groups is 2. The van der Waals surface area contributed by atoms with Crippen molar-refractivity contribution in [1.82, 2.24) is 15.6 Å². The number of alkyl carbamates (subject to hydrolysis) is 1. The molecule has 0 spiro atoms. The molecule has 0 atom stereocenters. The summed E-state index contributed by atoms with van der Waals surface area (Å²) in [6.07, 6.45) is 0.907. The number of hydrogen-bond donors (Lipinski definition) is 2. The summed E-state index contributed by atoms with van der Waals surface area (Å²) in [4.78, 5) is 31.3. The molecule has 1 saturated heterocycles. The zero-order chi connectivity index (χ0) is 23.8. The van der Waals surface area contributed by atoms with Crippen molar-refractivity contribution < 1.29 is 18.7 Å². The van der Waals surface area contributed by atoms with Crippen molar-refractivity contribution in [2.45, 2.75) is 51.8 Å². The summed E-state index contributed by atoms with van der Waals surface area (Å²) < 4.78 is 19.5. The Kier molecular flexibility index (Phi) is 5.93. The van der Waals surface area contributed by atoms with Gasteiger partial charge in [0.2, 0.25) is 0 Å². The summed E-state index contributed by atoms with van der Waals surface area (Å²) in [7, 11) is 0. The third-order valence-electron chi connectivity index (χ3n) is 5.65. The van der Waals surface area contributed by atoms with E-state index in [-0.39, 0.29) is 17.5 Å². The van der Waals surface area contributed by atoms with E-state index in [1.54, 1.807) is 12.1 Å². The second-order valence-corrected chi connectivity index (χ2v) is 9.26. The van der Waals surface area contributed by atoms with Gasteiger partial charge in [0.05, 0.1) is 16.8 Å². The fourth-order valence-corrected chi connectivity index (χ4v) is 4.09. The third kappa shape index (κ3) is 4.90. The van der Waals surface area contributed by atoms with Gasteiger partial charge in [-0.05, 0) is 57.4 Å². The van der Waals surface area contributed by atoms with Crippen molar-refractivity contribution in [2.75, 3.05) is 18.0 Å². The fraction of sp³-hybridized carbons (Fsp3) is 0.417. The highest BCUT2D eigenvalue weighted by atomic mass is 19.1. The van der Waals surface area contributed by atoms with Gasteiger partial charge in [-0.15, -0.1) is 0 Å². The van der Waals surface area contributed by atoms with Crippen molar-refractivity contribution in [1.29, 1.82) is 5.26 Å². The number of amides is 2. The van der Waals surface area contributed by atoms with Crippen LogP contribution in [0.1, 0.15) is 55.1 Å². The molecule has 2 N–H and O–H groups in total. The van der Waals surface area contributed by atoms with E-state index >= 15 is 0 Å². The maximum absolute atomic E-state index is 14.2. The average molecular weight is 452 g/mol. The van der Waals surface area contributed by atoms with E-state index in [0.717, 1.165) is 5.56 Å². The van der Waals surface area contributed by atoms with E-state index < -0.39 is 17.5 Å². The molecule has 2 amide bonds. The molecule has 2 aliphatic heterocycles. The van der Waals surface area contributed by atoms with Crippen molar-refractivity contribution in [3.8, 4) is 17.3 Å². The molecule has 1 fully saturated rings. The summed E-state index contributed by atoms with van der Waals surface area (Å²) >= 11 is 0. The number of ether oxygens (including phenoxy) is 1. The van der Waals surface area contributed by atoms with Gasteiger partial charge in [-0.1, -0.05) is 6.07 Å². The van der Waals surface area contributed by atoms with E-state index in [4.69, 9.17) is 15.0 Å². The van der Waals surface area contributed by atoms with Crippen LogP contribution in [0.15, 0.2) is 24.3 Å². The van der Waals surface area contributed by atoms with E-state index in [9.17, 15) is 14.0 Å². The van der Waals surface area contributed by atoms with Gasteiger partial charge in [-0.2, -0.15) is 5.26 Å². The first-order chi connectivity index (χ1) is 15.6. The van der Waals surface area contributed by atoms with E-state index in [2.05, 4.69) is 10.6 Å². The molecule has 2 aromatic rings. The Bertz CT molecular complexity index is 1140. The van der Waals surface area contributed by atoms with Crippen molar-refractivity contribution in [2.24, 2.45) is 0 Å². The number of piperidine rings is 1. The van der Waals surface area contributed by atoms with Gasteiger partial charge in [0.15, 0.2) is 0 Å². The van der Waals surface area contributed by atoms with Crippen LogP contribution in [0.25, 0.3) is 11.3 Å². The highest BCUT2D eigenvalue weighted by Gasteiger charge is 2.31. The number of carbonyl (C=O) groups excluding carboxylic acids is 2. The maximum Gasteiger partial charge on any atom is 0.407 e. The zero-order valence-electron chi connectivity index (χ0n) is 18.9. The SMILES string of the molecule is CC(C)(C)OC(=O)NC1CCN(c2nc(-c3ccc(C#N)c(F)c3)cc3c2C(=O)NC3)CC1. The summed E-state index contributed by atoms with van der Waals surface area (Å²) in [5.41, 5.74) is 1.82. The van der Waals surface area contributed by atoms with Crippen molar-refractivity contribution in [3.05, 3.63) is 46.8 Å². The summed E-state index contributed by atoms with van der Waals surface area (Å²) in [5.74, 6) is -0.237. The number of halogens is 1. The summed E-state index contributed by atoms with van der Waals surface area (Å²) in [6.45, 7) is 7.03. The van der Waals surface area contributed by atoms with Crippen molar-refractivity contribution >= 4 is 17.8 Å². The lowest BCUT2D eigenvalue weighted by Gasteiger charge is -2.34. The minimum Gasteiger partial charge on any atom is -0.444 e. The molecule has 1 aromatic heterocycles. The molecule has 33 heavy (non-hydrogen) atoms. The van der Waals surface area contributed by atoms with E-state index in [0.29, 0.717) is 55.1 Å². The molecule has 0 aliphatic carbocycles. The number of rotatable bonds is 3. The van der Waals surface area contributed by atoms with Crippen LogP contribution >= 0.6 is 0 Å². The first-order valence-electron chi connectivity index (χ1n) is 10.9. The normalized spacial score (nSPS) is 16.1. The van der Waals surface area contributed by atoms with Gasteiger partial charge < -0.3 is 20.3 Å². The van der Waals surface area contributed by atoms with E-state index in [1.165, 1.54) is 12.1 Å². The number of fused-ring (bicyclic) bond motifs is 1. The summed E-state index contributed by atoms with van der Waals surface area (Å²) in [5, 5.41) is 14.7. The van der Waals surface area contributed by atoms with Gasteiger partial charge >= 0.3 is 6.09 Å². The molecule has 0 bridgehead atoms. The standard InChI is InChI=1S/C24H26FN5O3/c1-24(2,3)33-23(32)28-17-6-8-30(9-7-17)21-20-16(13-27-22(20)31)11-19(29-21)14-4-5-15(12-26)18(25)10-14/h4-5,10-11,17H,6-9,13H2,1-3H3,(H,27,31)(H,28,32). The Labute approximate surface area is 191 Å². The van der Waals surface area contributed by atoms with Gasteiger partial charge in [0, 0.05) is 31.2 Å². The lowest BCUT2D eigenvalue weighted by molar-refractivity contribution is 0.0497. The Hall–Kier alpha value is -3.67. The minimum atomic E-state index is -0.609. The highest BCUT2D eigenvalue weighted by molar-refractivity contribution is 6.03. The lowest BCUT2D eigenvalue weighted by atomic mass is 10.0. The van der Waals surface area contributed by atoms with E-state index in [1.807, 2.05) is 31.7 Å². The molecule has 172 valence electrons. The molecule has 0 radical (unpaired) electrons. The lowest BCUT2D eigenvalue weighted by Crippen LogP contribution is -2.46. The highest BCUT2D eigenvalue weighted by Crippen LogP contribution is 2.32. The number of nitrogens with zero attached hydrogens (tertiary/aromatic N) is 3. The number of aromatic nitrogens is 1. The largest absolute Gasteiger partial charge is 0.444 e. The van der Waals surface area contributed by atoms with Gasteiger partial charge in [0.25, 0.3) is 5.91 Å². The Morgan fingerprint density at radius 2 is 2.03 bits per heavy atom. The second kappa shape index (κ2) is 8.70. The molecule has 3 heterocycles. The van der Waals surface area contributed by atoms with Crippen LogP contribution in [0.2, 0.25) is 0 Å². The number of nitriles is 1. The Morgan fingerprint density at radius 1 is 1.30 bits per heavy atom. The first-order valence-corrected chi connectivity index (χ1v) is 10.9. The smallest absolute Gasteiger partial charge is 0.407 e. The van der Waals surface area contributed by atoms with Gasteiger partial charge in [-0.3, -0.25) is 4.79 Å². The van der Waals surface area contributed by atoms with Crippen LogP contribution in [0.3, 0.4) is 0 Å². The van der Waals surface area contributed by atoms with Gasteiger partial charge in [0.1, 0.15) is 23.3 Å². The van der Waals surface area contributed by atoms with Crippen LogP contribution in [-0.2, 0) is 11.3 Å². The number of pyridine rings is 1. The quantitative estimate of drug-likeness (QED) is 0.740. The molecule has 1 aromatic carbocycles. The molecule has 8 nitrogen and oxygen atoms in total. The molecule has 2 aliphatic rings. The molecular formula is C24H26FN5O3. The molecular weight excluding hydrogens is 425 g/mol. The van der Waals surface area contributed by atoms with Crippen LogP contribution in [0.5, 0.6) is 0 Å². The van der Waals surface area contributed by atoms with Crippen molar-refractivity contribution in [3.63, 3.8) is 0 Å². The molecule has 0 unspecified atom stereocenters. The summed E-state index contributed by atoms with van der Waals surface area (Å²) in [6, 6.07) is 7.94. The predicted molar refractivity (Wildman–Crippen MR) is 120 cm³/mol. The maximum atomic E-state index is 14.2. The molecule has 9 heteroatoms. The van der Waals surface area contributed by atoms with Gasteiger partial charge in [-0.25, -0.2) is 14.2 Å². The topological polar surface area (TPSA) is 107 Å². The first kappa shape index (κ1) is 22.5. The Morgan fingerprint density at radius 3 is 2.67 bits per heavy atom.